The predicted octanol–water partition coefficient (Wildman–Crippen LogP) is 1.61. The topological polar surface area (TPSA) is 61.4 Å². The molecule has 0 aliphatic rings. The van der Waals surface area contributed by atoms with Gasteiger partial charge in [-0.1, -0.05) is 6.07 Å². The Morgan fingerprint density at radius 1 is 1.59 bits per heavy atom. The van der Waals surface area contributed by atoms with Crippen LogP contribution in [-0.4, -0.2) is 30.9 Å². The number of carbonyl (C=O) groups excluding carboxylic acids is 1. The zero-order chi connectivity index (χ0) is 12.7. The number of alkyl halides is 1. The van der Waals surface area contributed by atoms with E-state index in [1.54, 1.807) is 6.92 Å². The van der Waals surface area contributed by atoms with E-state index < -0.39 is 18.3 Å². The van der Waals surface area contributed by atoms with Gasteiger partial charge in [0.25, 0.3) is 0 Å². The van der Waals surface area contributed by atoms with Gasteiger partial charge in [0.1, 0.15) is 5.60 Å². The molecule has 6 heteroatoms. The van der Waals surface area contributed by atoms with Crippen LogP contribution in [0, 0.1) is 0 Å². The average Bonchev–Trinajstić information content (AvgIpc) is 2.81. The Morgan fingerprint density at radius 2 is 2.35 bits per heavy atom. The first-order chi connectivity index (χ1) is 8.06. The molecule has 0 fully saturated rings. The average molecular weight is 260 g/mol. The standard InChI is InChI=1S/C11H17FN2O2S/c1-11(16,9-4-2-7-17-9)8-14-10(15)13-6-3-5-12/h2,4,7,16H,3,5-6,8H2,1H3,(H2,13,14,15). The van der Waals surface area contributed by atoms with E-state index in [0.717, 1.165) is 4.88 Å². The van der Waals surface area contributed by atoms with Crippen LogP contribution in [0.25, 0.3) is 0 Å². The Hall–Kier alpha value is -1.14. The molecule has 1 unspecified atom stereocenters. The van der Waals surface area contributed by atoms with Crippen LogP contribution < -0.4 is 10.6 Å². The van der Waals surface area contributed by atoms with Crippen LogP contribution >= 0.6 is 11.3 Å². The summed E-state index contributed by atoms with van der Waals surface area (Å²) < 4.78 is 11.8. The molecule has 3 N–H and O–H groups in total. The van der Waals surface area contributed by atoms with E-state index in [2.05, 4.69) is 10.6 Å². The summed E-state index contributed by atoms with van der Waals surface area (Å²) in [5, 5.41) is 17.0. The molecule has 2 amide bonds. The Morgan fingerprint density at radius 3 is 2.94 bits per heavy atom. The van der Waals surface area contributed by atoms with Gasteiger partial charge in [0.05, 0.1) is 13.2 Å². The molecule has 4 nitrogen and oxygen atoms in total. The van der Waals surface area contributed by atoms with Gasteiger partial charge >= 0.3 is 6.03 Å². The minimum atomic E-state index is -1.08. The molecule has 0 saturated heterocycles. The van der Waals surface area contributed by atoms with Crippen molar-refractivity contribution in [3.8, 4) is 0 Å². The van der Waals surface area contributed by atoms with E-state index in [1.165, 1.54) is 11.3 Å². The molecule has 0 aliphatic carbocycles. The number of thiophene rings is 1. The fourth-order valence-corrected chi connectivity index (χ4v) is 2.04. The van der Waals surface area contributed by atoms with Crippen molar-refractivity contribution in [3.63, 3.8) is 0 Å². The fourth-order valence-electron chi connectivity index (χ4n) is 1.26. The SMILES string of the molecule is CC(O)(CNC(=O)NCCCF)c1cccs1. The monoisotopic (exact) mass is 260 g/mol. The summed E-state index contributed by atoms with van der Waals surface area (Å²) in [5.41, 5.74) is -1.08. The number of aliphatic hydroxyl groups is 1. The number of halogens is 1. The molecule has 0 saturated carbocycles. The maximum absolute atomic E-state index is 11.8. The zero-order valence-electron chi connectivity index (χ0n) is 9.70. The van der Waals surface area contributed by atoms with Crippen molar-refractivity contribution in [2.45, 2.75) is 18.9 Å². The molecule has 96 valence electrons. The molecule has 0 aliphatic heterocycles. The number of hydrogen-bond acceptors (Lipinski definition) is 3. The lowest BCUT2D eigenvalue weighted by Crippen LogP contribution is -2.43. The quantitative estimate of drug-likeness (QED) is 0.681. The first-order valence-corrected chi connectivity index (χ1v) is 6.28. The van der Waals surface area contributed by atoms with Crippen LogP contribution in [0.2, 0.25) is 0 Å². The van der Waals surface area contributed by atoms with Crippen molar-refractivity contribution in [1.29, 1.82) is 0 Å². The molecular weight excluding hydrogens is 243 g/mol. The third-order valence-corrected chi connectivity index (χ3v) is 3.36. The zero-order valence-corrected chi connectivity index (χ0v) is 10.5. The van der Waals surface area contributed by atoms with Gasteiger partial charge in [-0.05, 0) is 24.8 Å². The van der Waals surface area contributed by atoms with Crippen LogP contribution in [0.15, 0.2) is 17.5 Å². The molecule has 1 heterocycles. The summed E-state index contributed by atoms with van der Waals surface area (Å²) >= 11 is 1.43. The molecular formula is C11H17FN2O2S. The summed E-state index contributed by atoms with van der Waals surface area (Å²) in [6.07, 6.45) is 0.300. The van der Waals surface area contributed by atoms with Crippen LogP contribution in [0.3, 0.4) is 0 Å². The molecule has 0 spiro atoms. The summed E-state index contributed by atoms with van der Waals surface area (Å²) in [6.45, 7) is 1.60. The maximum Gasteiger partial charge on any atom is 0.314 e. The van der Waals surface area contributed by atoms with Crippen LogP contribution in [0.4, 0.5) is 9.18 Å². The summed E-state index contributed by atoms with van der Waals surface area (Å²) in [6, 6.07) is 3.26. The molecule has 17 heavy (non-hydrogen) atoms. The van der Waals surface area contributed by atoms with Crippen molar-refractivity contribution >= 4 is 17.4 Å². The second-order valence-electron chi connectivity index (χ2n) is 3.90. The van der Waals surface area contributed by atoms with Crippen molar-refractivity contribution in [2.24, 2.45) is 0 Å². The summed E-state index contributed by atoms with van der Waals surface area (Å²) in [5.74, 6) is 0. The van der Waals surface area contributed by atoms with Crippen LogP contribution in [0.1, 0.15) is 18.2 Å². The predicted molar refractivity (Wildman–Crippen MR) is 65.9 cm³/mol. The van der Waals surface area contributed by atoms with Gasteiger partial charge in [-0.25, -0.2) is 4.79 Å². The van der Waals surface area contributed by atoms with Gasteiger partial charge in [-0.2, -0.15) is 0 Å². The minimum Gasteiger partial charge on any atom is -0.383 e. The van der Waals surface area contributed by atoms with E-state index in [9.17, 15) is 14.3 Å². The molecule has 0 aromatic carbocycles. The Bertz CT molecular complexity index is 341. The number of carbonyl (C=O) groups is 1. The van der Waals surface area contributed by atoms with E-state index in [-0.39, 0.29) is 6.54 Å². The van der Waals surface area contributed by atoms with E-state index >= 15 is 0 Å². The highest BCUT2D eigenvalue weighted by molar-refractivity contribution is 7.10. The second-order valence-corrected chi connectivity index (χ2v) is 4.85. The van der Waals surface area contributed by atoms with Gasteiger partial charge in [-0.15, -0.1) is 11.3 Å². The van der Waals surface area contributed by atoms with Crippen molar-refractivity contribution in [1.82, 2.24) is 10.6 Å². The van der Waals surface area contributed by atoms with Crippen molar-refractivity contribution in [2.75, 3.05) is 19.8 Å². The Labute approximate surface area is 104 Å². The van der Waals surface area contributed by atoms with Gasteiger partial charge in [0.15, 0.2) is 0 Å². The Kier molecular flexibility index (Phi) is 5.37. The maximum atomic E-state index is 11.8. The molecule has 0 bridgehead atoms. The molecule has 0 radical (unpaired) electrons. The molecule has 1 aromatic rings. The number of amides is 2. The number of rotatable bonds is 6. The highest BCUT2D eigenvalue weighted by atomic mass is 32.1. The molecule has 1 atom stereocenters. The summed E-state index contributed by atoms with van der Waals surface area (Å²) in [7, 11) is 0. The normalized spacial score (nSPS) is 14.1. The lowest BCUT2D eigenvalue weighted by molar-refractivity contribution is 0.0631. The molecule has 1 rings (SSSR count). The lowest BCUT2D eigenvalue weighted by atomic mass is 10.1. The smallest absolute Gasteiger partial charge is 0.314 e. The number of nitrogens with one attached hydrogen (secondary N) is 2. The Balaban J connectivity index is 2.32. The van der Waals surface area contributed by atoms with Crippen LogP contribution in [0.5, 0.6) is 0 Å². The lowest BCUT2D eigenvalue weighted by Gasteiger charge is -2.22. The molecule has 1 aromatic heterocycles. The van der Waals surface area contributed by atoms with E-state index in [4.69, 9.17) is 0 Å². The summed E-state index contributed by atoms with van der Waals surface area (Å²) in [4.78, 5) is 12.1. The van der Waals surface area contributed by atoms with Crippen LogP contribution in [-0.2, 0) is 5.60 Å². The first kappa shape index (κ1) is 13.9. The fraction of sp³-hybridized carbons (Fsp3) is 0.545. The first-order valence-electron chi connectivity index (χ1n) is 5.40. The number of hydrogen-bond donors (Lipinski definition) is 3. The minimum absolute atomic E-state index is 0.120. The van der Waals surface area contributed by atoms with Crippen molar-refractivity contribution in [3.05, 3.63) is 22.4 Å². The second kappa shape index (κ2) is 6.56. The van der Waals surface area contributed by atoms with E-state index in [0.29, 0.717) is 13.0 Å². The van der Waals surface area contributed by atoms with Gasteiger partial charge in [0, 0.05) is 11.4 Å². The van der Waals surface area contributed by atoms with Gasteiger partial charge in [-0.3, -0.25) is 4.39 Å². The highest BCUT2D eigenvalue weighted by Gasteiger charge is 2.24. The number of urea groups is 1. The van der Waals surface area contributed by atoms with Crippen molar-refractivity contribution < 1.29 is 14.3 Å². The third-order valence-electron chi connectivity index (χ3n) is 2.24. The van der Waals surface area contributed by atoms with Gasteiger partial charge < -0.3 is 15.7 Å². The highest BCUT2D eigenvalue weighted by Crippen LogP contribution is 2.24. The van der Waals surface area contributed by atoms with E-state index in [1.807, 2.05) is 17.5 Å². The van der Waals surface area contributed by atoms with Gasteiger partial charge in [0.2, 0.25) is 0 Å². The largest absolute Gasteiger partial charge is 0.383 e. The third kappa shape index (κ3) is 4.70.